The fourth-order valence-corrected chi connectivity index (χ4v) is 4.36. The van der Waals surface area contributed by atoms with Gasteiger partial charge in [0.1, 0.15) is 11.5 Å². The molecular formula is C22H24N2O5. The molecule has 5 rings (SSSR count). The number of benzene rings is 1. The number of furan rings is 1. The Bertz CT molecular complexity index is 974. The van der Waals surface area contributed by atoms with Gasteiger partial charge in [0, 0.05) is 32.1 Å². The van der Waals surface area contributed by atoms with Crippen LogP contribution in [0.4, 0.5) is 0 Å². The third kappa shape index (κ3) is 3.24. The summed E-state index contributed by atoms with van der Waals surface area (Å²) in [4.78, 5) is 29.4. The van der Waals surface area contributed by atoms with E-state index in [1.54, 1.807) is 6.07 Å². The van der Waals surface area contributed by atoms with Crippen molar-refractivity contribution in [3.8, 4) is 11.5 Å². The van der Waals surface area contributed by atoms with Crippen molar-refractivity contribution in [3.05, 3.63) is 46.9 Å². The summed E-state index contributed by atoms with van der Waals surface area (Å²) >= 11 is 0. The number of fused-ring (bicyclic) bond motifs is 1. The molecule has 0 radical (unpaired) electrons. The van der Waals surface area contributed by atoms with Gasteiger partial charge in [0.05, 0.1) is 5.56 Å². The van der Waals surface area contributed by atoms with E-state index in [-0.39, 0.29) is 30.4 Å². The highest BCUT2D eigenvalue weighted by molar-refractivity contribution is 5.95. The molecule has 7 nitrogen and oxygen atoms in total. The van der Waals surface area contributed by atoms with Gasteiger partial charge in [-0.1, -0.05) is 6.07 Å². The monoisotopic (exact) mass is 396 g/mol. The molecule has 2 fully saturated rings. The van der Waals surface area contributed by atoms with Crippen LogP contribution in [0.2, 0.25) is 0 Å². The predicted octanol–water partition coefficient (Wildman–Crippen LogP) is 2.71. The van der Waals surface area contributed by atoms with Gasteiger partial charge < -0.3 is 23.7 Å². The van der Waals surface area contributed by atoms with E-state index < -0.39 is 0 Å². The number of amides is 2. The lowest BCUT2D eigenvalue weighted by Gasteiger charge is -2.35. The number of piperazine rings is 1. The van der Waals surface area contributed by atoms with Crippen LogP contribution in [0.15, 0.2) is 28.7 Å². The van der Waals surface area contributed by atoms with Crippen LogP contribution in [0.3, 0.4) is 0 Å². The number of carbonyl (C=O) groups excluding carboxylic acids is 2. The molecule has 2 atom stereocenters. The molecule has 1 saturated heterocycles. The van der Waals surface area contributed by atoms with Gasteiger partial charge in [-0.05, 0) is 49.9 Å². The van der Waals surface area contributed by atoms with Crippen LogP contribution in [0, 0.1) is 19.8 Å². The maximum absolute atomic E-state index is 12.9. The summed E-state index contributed by atoms with van der Waals surface area (Å²) in [7, 11) is 0. The third-order valence-electron chi connectivity index (χ3n) is 6.08. The molecule has 1 saturated carbocycles. The highest BCUT2D eigenvalue weighted by Gasteiger charge is 2.46. The second-order valence-electron chi connectivity index (χ2n) is 8.01. The summed E-state index contributed by atoms with van der Waals surface area (Å²) in [6, 6.07) is 7.72. The van der Waals surface area contributed by atoms with Gasteiger partial charge in [-0.15, -0.1) is 0 Å². The molecule has 0 unspecified atom stereocenters. The first-order chi connectivity index (χ1) is 14.0. The van der Waals surface area contributed by atoms with Crippen molar-refractivity contribution in [2.75, 3.05) is 33.0 Å². The normalized spacial score (nSPS) is 22.7. The number of ether oxygens (including phenoxy) is 2. The number of hydrogen-bond donors (Lipinski definition) is 0. The van der Waals surface area contributed by atoms with Crippen molar-refractivity contribution in [3.63, 3.8) is 0 Å². The van der Waals surface area contributed by atoms with Crippen molar-refractivity contribution in [1.82, 2.24) is 9.80 Å². The number of rotatable bonds is 3. The molecule has 1 aromatic carbocycles. The summed E-state index contributed by atoms with van der Waals surface area (Å²) in [5, 5.41) is 0. The Morgan fingerprint density at radius 3 is 2.41 bits per heavy atom. The second kappa shape index (κ2) is 6.83. The lowest BCUT2D eigenvalue weighted by Crippen LogP contribution is -2.51. The highest BCUT2D eigenvalue weighted by atomic mass is 16.7. The van der Waals surface area contributed by atoms with E-state index in [4.69, 9.17) is 13.9 Å². The predicted molar refractivity (Wildman–Crippen MR) is 104 cm³/mol. The molecule has 2 aliphatic heterocycles. The average Bonchev–Trinajstić information content (AvgIpc) is 3.26. The quantitative estimate of drug-likeness (QED) is 0.798. The van der Waals surface area contributed by atoms with Crippen LogP contribution >= 0.6 is 0 Å². The van der Waals surface area contributed by atoms with E-state index >= 15 is 0 Å². The zero-order valence-corrected chi connectivity index (χ0v) is 16.6. The van der Waals surface area contributed by atoms with E-state index in [0.717, 1.165) is 29.2 Å². The summed E-state index contributed by atoms with van der Waals surface area (Å²) in [5.74, 6) is 3.35. The molecule has 1 aromatic heterocycles. The molecule has 3 aliphatic rings. The van der Waals surface area contributed by atoms with Crippen LogP contribution < -0.4 is 9.47 Å². The van der Waals surface area contributed by atoms with E-state index in [2.05, 4.69) is 0 Å². The van der Waals surface area contributed by atoms with Crippen molar-refractivity contribution in [1.29, 1.82) is 0 Å². The SMILES string of the molecule is Cc1cc(C(=O)N2CCN(C(=O)[C@H]3C[C@H]3c3ccc4c(c3)OCO4)CC2)c(C)o1. The van der Waals surface area contributed by atoms with Crippen molar-refractivity contribution in [2.45, 2.75) is 26.2 Å². The van der Waals surface area contributed by atoms with E-state index in [0.29, 0.717) is 37.5 Å². The summed E-state index contributed by atoms with van der Waals surface area (Å²) in [6.07, 6.45) is 0.866. The summed E-state index contributed by atoms with van der Waals surface area (Å²) < 4.78 is 16.3. The minimum Gasteiger partial charge on any atom is -0.466 e. The Kier molecular flexibility index (Phi) is 4.26. The van der Waals surface area contributed by atoms with Gasteiger partial charge in [0.2, 0.25) is 12.7 Å². The van der Waals surface area contributed by atoms with Crippen LogP contribution in [0.1, 0.15) is 39.8 Å². The average molecular weight is 396 g/mol. The summed E-state index contributed by atoms with van der Waals surface area (Å²) in [6.45, 7) is 6.16. The second-order valence-corrected chi connectivity index (χ2v) is 8.01. The van der Waals surface area contributed by atoms with Crippen LogP contribution in [0.25, 0.3) is 0 Å². The maximum Gasteiger partial charge on any atom is 0.257 e. The molecule has 7 heteroatoms. The number of aryl methyl sites for hydroxylation is 2. The van der Waals surface area contributed by atoms with Gasteiger partial charge in [-0.3, -0.25) is 9.59 Å². The molecule has 3 heterocycles. The van der Waals surface area contributed by atoms with Crippen molar-refractivity contribution < 1.29 is 23.5 Å². The molecule has 29 heavy (non-hydrogen) atoms. The molecule has 0 bridgehead atoms. The number of nitrogens with zero attached hydrogens (tertiary/aromatic N) is 2. The molecule has 152 valence electrons. The maximum atomic E-state index is 12.9. The third-order valence-corrected chi connectivity index (χ3v) is 6.08. The first-order valence-electron chi connectivity index (χ1n) is 10.1. The molecule has 2 aromatic rings. The van der Waals surface area contributed by atoms with Gasteiger partial charge in [0.15, 0.2) is 11.5 Å². The zero-order chi connectivity index (χ0) is 20.1. The van der Waals surface area contributed by atoms with Gasteiger partial charge >= 0.3 is 0 Å². The van der Waals surface area contributed by atoms with Crippen LogP contribution in [-0.2, 0) is 4.79 Å². The lowest BCUT2D eigenvalue weighted by atomic mass is 10.1. The van der Waals surface area contributed by atoms with Gasteiger partial charge in [-0.2, -0.15) is 0 Å². The largest absolute Gasteiger partial charge is 0.466 e. The Balaban J connectivity index is 1.18. The lowest BCUT2D eigenvalue weighted by molar-refractivity contribution is -0.134. The Morgan fingerprint density at radius 2 is 1.69 bits per heavy atom. The van der Waals surface area contributed by atoms with Crippen LogP contribution in [0.5, 0.6) is 11.5 Å². The number of hydrogen-bond acceptors (Lipinski definition) is 5. The minimum absolute atomic E-state index is 0.0175. The van der Waals surface area contributed by atoms with Crippen molar-refractivity contribution in [2.24, 2.45) is 5.92 Å². The van der Waals surface area contributed by atoms with E-state index in [1.165, 1.54) is 0 Å². The minimum atomic E-state index is -0.0175. The molecular weight excluding hydrogens is 372 g/mol. The number of carbonyl (C=O) groups is 2. The smallest absolute Gasteiger partial charge is 0.257 e. The molecule has 0 N–H and O–H groups in total. The van der Waals surface area contributed by atoms with E-state index in [1.807, 2.05) is 41.8 Å². The Hall–Kier alpha value is -2.96. The van der Waals surface area contributed by atoms with Crippen LogP contribution in [-0.4, -0.2) is 54.6 Å². The zero-order valence-electron chi connectivity index (χ0n) is 16.6. The highest BCUT2D eigenvalue weighted by Crippen LogP contribution is 2.50. The van der Waals surface area contributed by atoms with E-state index in [9.17, 15) is 9.59 Å². The fourth-order valence-electron chi connectivity index (χ4n) is 4.36. The fraction of sp³-hybridized carbons (Fsp3) is 0.455. The van der Waals surface area contributed by atoms with Gasteiger partial charge in [-0.25, -0.2) is 0 Å². The Morgan fingerprint density at radius 1 is 0.966 bits per heavy atom. The van der Waals surface area contributed by atoms with Gasteiger partial charge in [0.25, 0.3) is 5.91 Å². The van der Waals surface area contributed by atoms with Crippen molar-refractivity contribution >= 4 is 11.8 Å². The topological polar surface area (TPSA) is 72.2 Å². The first-order valence-corrected chi connectivity index (χ1v) is 10.1. The Labute approximate surface area is 169 Å². The standard InChI is InChI=1S/C22H24N2O5/c1-13-9-16(14(2)29-13)21(25)23-5-7-24(8-6-23)22(26)18-11-17(18)15-3-4-19-20(10-15)28-12-27-19/h3-4,9-10,17-18H,5-8,11-12H2,1-2H3/t17-,18-/m0/s1. The summed E-state index contributed by atoms with van der Waals surface area (Å²) in [5.41, 5.74) is 1.75. The molecule has 1 aliphatic carbocycles. The first kappa shape index (κ1) is 18.1. The molecule has 0 spiro atoms. The molecule has 2 amide bonds.